The molecule has 1 heterocycles. The highest BCUT2D eigenvalue weighted by Crippen LogP contribution is 2.36. The molecule has 1 N–H and O–H groups in total. The summed E-state index contributed by atoms with van der Waals surface area (Å²) in [4.78, 5) is 2.54. The molecule has 0 aromatic rings. The van der Waals surface area contributed by atoms with E-state index in [9.17, 15) is 5.26 Å². The number of fused-ring (bicyclic) bond motifs is 1. The zero-order valence-corrected chi connectivity index (χ0v) is 11.3. The lowest BCUT2D eigenvalue weighted by Crippen LogP contribution is -2.47. The Kier molecular flexibility index (Phi) is 3.86. The third-order valence-electron chi connectivity index (χ3n) is 4.99. The van der Waals surface area contributed by atoms with Gasteiger partial charge in [0.15, 0.2) is 0 Å². The largest absolute Gasteiger partial charge is 0.300 e. The van der Waals surface area contributed by atoms with Crippen molar-refractivity contribution in [2.45, 2.75) is 57.0 Å². The molecule has 0 aromatic heterocycles. The number of piperidine rings is 1. The first-order valence-corrected chi connectivity index (χ1v) is 7.73. The van der Waals surface area contributed by atoms with Gasteiger partial charge in [0.25, 0.3) is 0 Å². The van der Waals surface area contributed by atoms with Crippen molar-refractivity contribution in [3.63, 3.8) is 0 Å². The number of likely N-dealkylation sites (tertiary alicyclic amines) is 1. The van der Waals surface area contributed by atoms with Gasteiger partial charge in [0.05, 0.1) is 6.07 Å². The van der Waals surface area contributed by atoms with Crippen LogP contribution in [0.2, 0.25) is 0 Å². The highest BCUT2D eigenvalue weighted by Gasteiger charge is 2.32. The van der Waals surface area contributed by atoms with Crippen LogP contribution in [0, 0.1) is 23.2 Å². The number of hydrogen-bond acceptors (Lipinski definition) is 3. The van der Waals surface area contributed by atoms with Crippen LogP contribution in [0.1, 0.15) is 44.9 Å². The Labute approximate surface area is 111 Å². The van der Waals surface area contributed by atoms with Gasteiger partial charge < -0.3 is 4.90 Å². The van der Waals surface area contributed by atoms with Gasteiger partial charge in [0.2, 0.25) is 0 Å². The van der Waals surface area contributed by atoms with Gasteiger partial charge in [-0.05, 0) is 44.1 Å². The molecule has 0 bridgehead atoms. The van der Waals surface area contributed by atoms with Gasteiger partial charge in [-0.3, -0.25) is 5.32 Å². The lowest BCUT2D eigenvalue weighted by atomic mass is 9.75. The van der Waals surface area contributed by atoms with Gasteiger partial charge in [-0.2, -0.15) is 5.26 Å². The molecule has 3 heteroatoms. The van der Waals surface area contributed by atoms with Crippen LogP contribution in [0.4, 0.5) is 0 Å². The van der Waals surface area contributed by atoms with Gasteiger partial charge in [0.1, 0.15) is 6.04 Å². The van der Waals surface area contributed by atoms with Gasteiger partial charge >= 0.3 is 0 Å². The molecule has 3 atom stereocenters. The second-order valence-electron chi connectivity index (χ2n) is 6.48. The fourth-order valence-electron chi connectivity index (χ4n) is 3.77. The first-order chi connectivity index (χ1) is 8.85. The molecule has 2 saturated carbocycles. The minimum Gasteiger partial charge on any atom is -0.300 e. The Bertz CT molecular complexity index is 318. The van der Waals surface area contributed by atoms with E-state index in [4.69, 9.17) is 0 Å². The molecule has 1 aliphatic heterocycles. The first kappa shape index (κ1) is 12.4. The van der Waals surface area contributed by atoms with Crippen LogP contribution in [0.3, 0.4) is 0 Å². The number of hydrogen-bond donors (Lipinski definition) is 1. The lowest BCUT2D eigenvalue weighted by Gasteiger charge is -2.41. The Hall–Kier alpha value is -0.590. The molecule has 3 rings (SSSR count). The Morgan fingerprint density at radius 3 is 2.61 bits per heavy atom. The van der Waals surface area contributed by atoms with Crippen LogP contribution >= 0.6 is 0 Å². The number of rotatable bonds is 4. The molecular weight excluding hydrogens is 222 g/mol. The van der Waals surface area contributed by atoms with E-state index < -0.39 is 0 Å². The predicted octanol–water partition coefficient (Wildman–Crippen LogP) is 2.14. The Balaban J connectivity index is 1.48. The summed E-state index contributed by atoms with van der Waals surface area (Å²) in [5.41, 5.74) is 0. The van der Waals surface area contributed by atoms with Crippen LogP contribution in [0.5, 0.6) is 0 Å². The second-order valence-corrected chi connectivity index (χ2v) is 6.48. The van der Waals surface area contributed by atoms with Crippen molar-refractivity contribution < 1.29 is 0 Å². The summed E-state index contributed by atoms with van der Waals surface area (Å²) in [5.74, 6) is 1.92. The van der Waals surface area contributed by atoms with E-state index in [0.717, 1.165) is 18.4 Å². The number of nitriles is 1. The molecule has 18 heavy (non-hydrogen) atoms. The van der Waals surface area contributed by atoms with E-state index in [2.05, 4.69) is 16.3 Å². The molecule has 3 aliphatic rings. The predicted molar refractivity (Wildman–Crippen MR) is 72.1 cm³/mol. The molecule has 0 amide bonds. The van der Waals surface area contributed by atoms with Crippen molar-refractivity contribution in [2.75, 3.05) is 19.6 Å². The summed E-state index contributed by atoms with van der Waals surface area (Å²) in [7, 11) is 0. The Morgan fingerprint density at radius 2 is 1.89 bits per heavy atom. The van der Waals surface area contributed by atoms with Crippen LogP contribution in [0.25, 0.3) is 0 Å². The van der Waals surface area contributed by atoms with Gasteiger partial charge in [-0.25, -0.2) is 0 Å². The van der Waals surface area contributed by atoms with Crippen molar-refractivity contribution in [3.8, 4) is 6.07 Å². The van der Waals surface area contributed by atoms with Crippen LogP contribution in [-0.2, 0) is 0 Å². The zero-order valence-electron chi connectivity index (χ0n) is 11.3. The second kappa shape index (κ2) is 5.59. The normalized spacial score (nSPS) is 34.6. The van der Waals surface area contributed by atoms with Gasteiger partial charge in [-0.1, -0.05) is 19.3 Å². The van der Waals surface area contributed by atoms with E-state index in [1.165, 1.54) is 58.0 Å². The molecular formula is C15H25N3. The molecule has 100 valence electrons. The van der Waals surface area contributed by atoms with Crippen LogP contribution in [0.15, 0.2) is 0 Å². The van der Waals surface area contributed by atoms with Gasteiger partial charge in [0, 0.05) is 19.1 Å². The van der Waals surface area contributed by atoms with E-state index in [1.807, 2.05) is 0 Å². The SMILES string of the molecule is N#CC(CN1CCC2CCCCC2C1)NC1CC1. The third kappa shape index (κ3) is 3.05. The molecule has 1 saturated heterocycles. The molecule has 3 nitrogen and oxygen atoms in total. The summed E-state index contributed by atoms with van der Waals surface area (Å²) in [6.07, 6.45) is 9.66. The van der Waals surface area contributed by atoms with Crippen molar-refractivity contribution in [2.24, 2.45) is 11.8 Å². The Morgan fingerprint density at radius 1 is 1.11 bits per heavy atom. The summed E-state index contributed by atoms with van der Waals surface area (Å²) in [6, 6.07) is 3.13. The summed E-state index contributed by atoms with van der Waals surface area (Å²) in [6.45, 7) is 3.40. The fourth-order valence-corrected chi connectivity index (χ4v) is 3.77. The van der Waals surface area contributed by atoms with E-state index in [0.29, 0.717) is 6.04 Å². The quantitative estimate of drug-likeness (QED) is 0.827. The van der Waals surface area contributed by atoms with Crippen LogP contribution in [-0.4, -0.2) is 36.6 Å². The average molecular weight is 247 g/mol. The fraction of sp³-hybridized carbons (Fsp3) is 0.933. The lowest BCUT2D eigenvalue weighted by molar-refractivity contribution is 0.0835. The van der Waals surface area contributed by atoms with Crippen molar-refractivity contribution in [1.29, 1.82) is 5.26 Å². The van der Waals surface area contributed by atoms with E-state index >= 15 is 0 Å². The summed E-state index contributed by atoms with van der Waals surface area (Å²) in [5, 5.41) is 12.7. The summed E-state index contributed by atoms with van der Waals surface area (Å²) < 4.78 is 0. The smallest absolute Gasteiger partial charge is 0.108 e. The topological polar surface area (TPSA) is 39.1 Å². The maximum Gasteiger partial charge on any atom is 0.108 e. The zero-order chi connectivity index (χ0) is 12.4. The van der Waals surface area contributed by atoms with Crippen molar-refractivity contribution in [1.82, 2.24) is 10.2 Å². The maximum absolute atomic E-state index is 9.23. The van der Waals surface area contributed by atoms with E-state index in [-0.39, 0.29) is 6.04 Å². The van der Waals surface area contributed by atoms with Crippen molar-refractivity contribution >= 4 is 0 Å². The maximum atomic E-state index is 9.23. The molecule has 0 spiro atoms. The van der Waals surface area contributed by atoms with Gasteiger partial charge in [-0.15, -0.1) is 0 Å². The van der Waals surface area contributed by atoms with Crippen molar-refractivity contribution in [3.05, 3.63) is 0 Å². The average Bonchev–Trinajstić information content (AvgIpc) is 3.22. The number of nitrogens with one attached hydrogen (secondary N) is 1. The molecule has 3 fully saturated rings. The standard InChI is InChI=1S/C15H25N3/c16-9-15(17-14-5-6-14)11-18-8-7-12-3-1-2-4-13(12)10-18/h12-15,17H,1-8,10-11H2. The molecule has 3 unspecified atom stereocenters. The molecule has 0 aromatic carbocycles. The van der Waals surface area contributed by atoms with Crippen LogP contribution < -0.4 is 5.32 Å². The minimum absolute atomic E-state index is 0.0534. The summed E-state index contributed by atoms with van der Waals surface area (Å²) >= 11 is 0. The highest BCUT2D eigenvalue weighted by atomic mass is 15.2. The minimum atomic E-state index is 0.0534. The third-order valence-corrected chi connectivity index (χ3v) is 4.99. The van der Waals surface area contributed by atoms with E-state index in [1.54, 1.807) is 0 Å². The first-order valence-electron chi connectivity index (χ1n) is 7.73. The molecule has 2 aliphatic carbocycles. The molecule has 0 radical (unpaired) electrons. The monoisotopic (exact) mass is 247 g/mol. The highest BCUT2D eigenvalue weighted by molar-refractivity contribution is 4.98. The number of nitrogens with zero attached hydrogens (tertiary/aromatic N) is 2.